The van der Waals surface area contributed by atoms with Crippen molar-refractivity contribution in [1.82, 2.24) is 9.55 Å². The molecule has 0 radical (unpaired) electrons. The molecule has 0 aliphatic carbocycles. The second-order valence-corrected chi connectivity index (χ2v) is 7.45. The Kier molecular flexibility index (Phi) is 4.97. The number of hydrogen-bond acceptors (Lipinski definition) is 4. The van der Waals surface area contributed by atoms with Gasteiger partial charge < -0.3 is 9.88 Å². The first-order valence-electron chi connectivity index (χ1n) is 6.88. The number of imidazole rings is 1. The van der Waals surface area contributed by atoms with Gasteiger partial charge in [-0.05, 0) is 18.6 Å². The lowest BCUT2D eigenvalue weighted by Crippen LogP contribution is -2.17. The highest BCUT2D eigenvalue weighted by Crippen LogP contribution is 2.17. The molecule has 0 atom stereocenters. The van der Waals surface area contributed by atoms with Crippen LogP contribution in [0.5, 0.6) is 0 Å². The predicted molar refractivity (Wildman–Crippen MR) is 85.5 cm³/mol. The van der Waals surface area contributed by atoms with E-state index in [-0.39, 0.29) is 18.1 Å². The van der Waals surface area contributed by atoms with Crippen molar-refractivity contribution in [3.8, 4) is 0 Å². The number of aryl methyl sites for hydroxylation is 1. The molecule has 0 unspecified atom stereocenters. The molecule has 0 saturated carbocycles. The van der Waals surface area contributed by atoms with E-state index in [0.717, 1.165) is 17.6 Å². The average molecular weight is 321 g/mol. The van der Waals surface area contributed by atoms with E-state index in [2.05, 4.69) is 10.3 Å². The number of nitrogens with zero attached hydrogens (tertiary/aromatic N) is 2. The molecule has 0 bridgehead atoms. The standard InChI is InChI=1S/C15H19N3O3S/c1-12-16-8-9-18(12)11-13-5-3-4-6-14(13)17-15(19)7-10-22(2,20)21/h3-6,8-9H,7,10-11H2,1-2H3,(H,17,19). The molecule has 6 nitrogen and oxygen atoms in total. The van der Waals surface area contributed by atoms with E-state index < -0.39 is 9.84 Å². The molecule has 0 aliphatic rings. The minimum Gasteiger partial charge on any atom is -0.331 e. The van der Waals surface area contributed by atoms with Crippen LogP contribution in [0.4, 0.5) is 5.69 Å². The zero-order valence-corrected chi connectivity index (χ0v) is 13.4. The van der Waals surface area contributed by atoms with E-state index in [1.54, 1.807) is 12.3 Å². The molecule has 1 heterocycles. The Hall–Kier alpha value is -2.15. The lowest BCUT2D eigenvalue weighted by atomic mass is 10.1. The van der Waals surface area contributed by atoms with Crippen molar-refractivity contribution < 1.29 is 13.2 Å². The number of aromatic nitrogens is 2. The van der Waals surface area contributed by atoms with Gasteiger partial charge in [-0.25, -0.2) is 13.4 Å². The predicted octanol–water partition coefficient (Wildman–Crippen LogP) is 1.61. The van der Waals surface area contributed by atoms with Crippen LogP contribution >= 0.6 is 0 Å². The van der Waals surface area contributed by atoms with Crippen LogP contribution in [0.25, 0.3) is 0 Å². The molecule has 118 valence electrons. The van der Waals surface area contributed by atoms with Crippen LogP contribution in [0.3, 0.4) is 0 Å². The molecule has 2 rings (SSSR count). The van der Waals surface area contributed by atoms with Gasteiger partial charge in [0.25, 0.3) is 0 Å². The second kappa shape index (κ2) is 6.74. The van der Waals surface area contributed by atoms with E-state index in [9.17, 15) is 13.2 Å². The quantitative estimate of drug-likeness (QED) is 0.876. The monoisotopic (exact) mass is 321 g/mol. The Balaban J connectivity index is 2.08. The van der Waals surface area contributed by atoms with Crippen LogP contribution in [0.15, 0.2) is 36.7 Å². The number of rotatable bonds is 6. The molecule has 22 heavy (non-hydrogen) atoms. The number of benzene rings is 1. The summed E-state index contributed by atoms with van der Waals surface area (Å²) in [6, 6.07) is 7.45. The second-order valence-electron chi connectivity index (χ2n) is 5.19. The van der Waals surface area contributed by atoms with Crippen molar-refractivity contribution in [3.63, 3.8) is 0 Å². The number of sulfone groups is 1. The maximum absolute atomic E-state index is 11.9. The van der Waals surface area contributed by atoms with Crippen molar-refractivity contribution in [2.24, 2.45) is 0 Å². The maximum atomic E-state index is 11.9. The Morgan fingerprint density at radius 3 is 2.68 bits per heavy atom. The van der Waals surface area contributed by atoms with Crippen LogP contribution in [-0.2, 0) is 21.2 Å². The minimum atomic E-state index is -3.14. The minimum absolute atomic E-state index is 0.0444. The molecular formula is C15H19N3O3S. The summed E-state index contributed by atoms with van der Waals surface area (Å²) in [4.78, 5) is 16.1. The smallest absolute Gasteiger partial charge is 0.225 e. The van der Waals surface area contributed by atoms with Crippen LogP contribution in [0, 0.1) is 6.92 Å². The largest absolute Gasteiger partial charge is 0.331 e. The average Bonchev–Trinajstić information content (AvgIpc) is 2.84. The van der Waals surface area contributed by atoms with Gasteiger partial charge in [0.05, 0.1) is 12.3 Å². The van der Waals surface area contributed by atoms with Crippen molar-refractivity contribution >= 4 is 21.4 Å². The third kappa shape index (κ3) is 4.70. The van der Waals surface area contributed by atoms with Gasteiger partial charge in [0, 0.05) is 30.8 Å². The van der Waals surface area contributed by atoms with Crippen LogP contribution in [-0.4, -0.2) is 35.9 Å². The highest BCUT2D eigenvalue weighted by atomic mass is 32.2. The topological polar surface area (TPSA) is 81.1 Å². The van der Waals surface area contributed by atoms with Crippen molar-refractivity contribution in [2.75, 3.05) is 17.3 Å². The zero-order valence-electron chi connectivity index (χ0n) is 12.6. The van der Waals surface area contributed by atoms with Crippen molar-refractivity contribution in [2.45, 2.75) is 19.9 Å². The number of nitrogens with one attached hydrogen (secondary N) is 1. The van der Waals surface area contributed by atoms with Gasteiger partial charge in [-0.2, -0.15) is 0 Å². The van der Waals surface area contributed by atoms with E-state index in [4.69, 9.17) is 0 Å². The van der Waals surface area contributed by atoms with E-state index >= 15 is 0 Å². The molecule has 0 saturated heterocycles. The van der Waals surface area contributed by atoms with Crippen molar-refractivity contribution in [1.29, 1.82) is 0 Å². The Bertz CT molecular complexity index is 766. The highest BCUT2D eigenvalue weighted by molar-refractivity contribution is 7.90. The van der Waals surface area contributed by atoms with Gasteiger partial charge in [0.2, 0.25) is 5.91 Å². The number of para-hydroxylation sites is 1. The number of carbonyl (C=O) groups excluding carboxylic acids is 1. The van der Waals surface area contributed by atoms with Gasteiger partial charge in [-0.3, -0.25) is 4.79 Å². The first kappa shape index (κ1) is 16.2. The third-order valence-electron chi connectivity index (χ3n) is 3.26. The fourth-order valence-electron chi connectivity index (χ4n) is 2.03. The van der Waals surface area contributed by atoms with Gasteiger partial charge in [0.1, 0.15) is 15.7 Å². The zero-order chi connectivity index (χ0) is 16.2. The molecule has 1 N–H and O–H groups in total. The lowest BCUT2D eigenvalue weighted by molar-refractivity contribution is -0.115. The van der Waals surface area contributed by atoms with E-state index in [1.807, 2.05) is 35.9 Å². The summed E-state index contributed by atoms with van der Waals surface area (Å²) in [6.07, 6.45) is 4.67. The molecule has 1 aromatic carbocycles. The summed E-state index contributed by atoms with van der Waals surface area (Å²) in [6.45, 7) is 2.50. The Labute approximate surface area is 130 Å². The molecule has 0 aliphatic heterocycles. The van der Waals surface area contributed by atoms with Gasteiger partial charge >= 0.3 is 0 Å². The van der Waals surface area contributed by atoms with Crippen LogP contribution in [0.1, 0.15) is 17.8 Å². The maximum Gasteiger partial charge on any atom is 0.225 e. The summed E-state index contributed by atoms with van der Waals surface area (Å²) in [5.41, 5.74) is 1.63. The lowest BCUT2D eigenvalue weighted by Gasteiger charge is -2.12. The molecular weight excluding hydrogens is 302 g/mol. The van der Waals surface area contributed by atoms with E-state index in [0.29, 0.717) is 12.2 Å². The Morgan fingerprint density at radius 1 is 1.32 bits per heavy atom. The molecule has 0 spiro atoms. The first-order valence-corrected chi connectivity index (χ1v) is 8.94. The van der Waals surface area contributed by atoms with Gasteiger partial charge in [-0.1, -0.05) is 18.2 Å². The van der Waals surface area contributed by atoms with Gasteiger partial charge in [-0.15, -0.1) is 0 Å². The fourth-order valence-corrected chi connectivity index (χ4v) is 2.58. The number of hydrogen-bond donors (Lipinski definition) is 1. The normalized spacial score (nSPS) is 11.4. The molecule has 1 aromatic heterocycles. The summed E-state index contributed by atoms with van der Waals surface area (Å²) >= 11 is 0. The summed E-state index contributed by atoms with van der Waals surface area (Å²) in [5.74, 6) is 0.431. The number of anilines is 1. The van der Waals surface area contributed by atoms with Crippen LogP contribution in [0.2, 0.25) is 0 Å². The van der Waals surface area contributed by atoms with Crippen LogP contribution < -0.4 is 5.32 Å². The SMILES string of the molecule is Cc1nccn1Cc1ccccc1NC(=O)CCS(C)(=O)=O. The number of carbonyl (C=O) groups is 1. The summed E-state index contributed by atoms with van der Waals surface area (Å²) in [7, 11) is -3.14. The van der Waals surface area contributed by atoms with Crippen molar-refractivity contribution in [3.05, 3.63) is 48.0 Å². The molecule has 7 heteroatoms. The first-order chi connectivity index (χ1) is 10.3. The highest BCUT2D eigenvalue weighted by Gasteiger charge is 2.11. The van der Waals surface area contributed by atoms with E-state index in [1.165, 1.54) is 0 Å². The van der Waals surface area contributed by atoms with Gasteiger partial charge in [0.15, 0.2) is 0 Å². The fraction of sp³-hybridized carbons (Fsp3) is 0.333. The molecule has 0 fully saturated rings. The molecule has 1 amide bonds. The molecule has 2 aromatic rings. The third-order valence-corrected chi connectivity index (χ3v) is 4.20. The summed E-state index contributed by atoms with van der Waals surface area (Å²) < 4.78 is 24.2. The number of amides is 1. The summed E-state index contributed by atoms with van der Waals surface area (Å²) in [5, 5.41) is 2.78. The Morgan fingerprint density at radius 2 is 2.05 bits per heavy atom.